The number of nitrogens with one attached hydrogen (secondary N) is 1. The molecule has 1 aromatic heterocycles. The van der Waals surface area contributed by atoms with E-state index in [1.165, 1.54) is 18.2 Å². The summed E-state index contributed by atoms with van der Waals surface area (Å²) < 4.78 is 60.1. The maximum atomic E-state index is 12.6. The standard InChI is InChI=1S/C20H23F4N3O3/c1-12(11-27-14(3)8-13(2)26-27)10-25-18(28)7-5-15-4-6-16(29-19(21)22)9-17(15)30-20(23)24/h4-9,12,19-20H,10-11H2,1-3H3,(H,25,28)/b7-5+. The van der Waals surface area contributed by atoms with Gasteiger partial charge in [-0.3, -0.25) is 9.48 Å². The van der Waals surface area contributed by atoms with Crippen LogP contribution >= 0.6 is 0 Å². The SMILES string of the molecule is Cc1cc(C)n(CC(C)CNC(=O)/C=C/c2ccc(OC(F)F)cc2OC(F)F)n1. The van der Waals surface area contributed by atoms with Crippen LogP contribution in [0.3, 0.4) is 0 Å². The van der Waals surface area contributed by atoms with Gasteiger partial charge < -0.3 is 14.8 Å². The van der Waals surface area contributed by atoms with E-state index in [-0.39, 0.29) is 23.0 Å². The summed E-state index contributed by atoms with van der Waals surface area (Å²) in [5.41, 5.74) is 2.05. The first-order valence-electron chi connectivity index (χ1n) is 9.14. The van der Waals surface area contributed by atoms with E-state index in [0.29, 0.717) is 13.1 Å². The number of nitrogens with zero attached hydrogens (tertiary/aromatic N) is 2. The molecular formula is C20H23F4N3O3. The van der Waals surface area contributed by atoms with E-state index in [4.69, 9.17) is 0 Å². The molecule has 0 aliphatic carbocycles. The van der Waals surface area contributed by atoms with Gasteiger partial charge in [0.1, 0.15) is 11.5 Å². The minimum absolute atomic E-state index is 0.101. The molecule has 0 radical (unpaired) electrons. The smallest absolute Gasteiger partial charge is 0.387 e. The number of amides is 1. The molecule has 1 unspecified atom stereocenters. The second kappa shape index (κ2) is 10.7. The number of halogens is 4. The fourth-order valence-corrected chi connectivity index (χ4v) is 2.75. The van der Waals surface area contributed by atoms with Crippen molar-refractivity contribution in [2.45, 2.75) is 40.5 Å². The Bertz CT molecular complexity index is 884. The predicted molar refractivity (Wildman–Crippen MR) is 103 cm³/mol. The first-order chi connectivity index (χ1) is 14.1. The van der Waals surface area contributed by atoms with Crippen LogP contribution in [0.4, 0.5) is 17.6 Å². The minimum atomic E-state index is -3.16. The van der Waals surface area contributed by atoms with Crippen LogP contribution in [-0.2, 0) is 11.3 Å². The third-order valence-corrected chi connectivity index (χ3v) is 4.05. The molecule has 1 amide bonds. The number of aromatic nitrogens is 2. The molecule has 0 saturated carbocycles. The Balaban J connectivity index is 1.96. The molecule has 164 valence electrons. The van der Waals surface area contributed by atoms with Gasteiger partial charge in [0.15, 0.2) is 0 Å². The summed E-state index contributed by atoms with van der Waals surface area (Å²) in [5, 5.41) is 7.09. The molecule has 1 atom stereocenters. The van der Waals surface area contributed by atoms with E-state index < -0.39 is 19.1 Å². The second-order valence-corrected chi connectivity index (χ2v) is 6.75. The van der Waals surface area contributed by atoms with Gasteiger partial charge in [-0.2, -0.15) is 22.7 Å². The van der Waals surface area contributed by atoms with Crippen molar-refractivity contribution in [3.8, 4) is 11.5 Å². The monoisotopic (exact) mass is 429 g/mol. The zero-order valence-electron chi connectivity index (χ0n) is 16.7. The average Bonchev–Trinajstić information content (AvgIpc) is 2.95. The lowest BCUT2D eigenvalue weighted by Gasteiger charge is -2.13. The number of benzene rings is 1. The lowest BCUT2D eigenvalue weighted by atomic mass is 10.1. The van der Waals surface area contributed by atoms with Crippen LogP contribution in [0.2, 0.25) is 0 Å². The lowest BCUT2D eigenvalue weighted by Crippen LogP contribution is -2.29. The molecule has 1 heterocycles. The normalized spacial score (nSPS) is 12.6. The molecule has 10 heteroatoms. The number of alkyl halides is 4. The first kappa shape index (κ1) is 23.2. The maximum Gasteiger partial charge on any atom is 0.387 e. The van der Waals surface area contributed by atoms with Gasteiger partial charge in [0.05, 0.1) is 5.69 Å². The van der Waals surface area contributed by atoms with Crippen molar-refractivity contribution >= 4 is 12.0 Å². The molecule has 2 aromatic rings. The van der Waals surface area contributed by atoms with E-state index >= 15 is 0 Å². The second-order valence-electron chi connectivity index (χ2n) is 6.75. The fraction of sp³-hybridized carbons (Fsp3) is 0.400. The molecule has 0 saturated heterocycles. The van der Waals surface area contributed by atoms with Gasteiger partial charge in [-0.25, -0.2) is 0 Å². The van der Waals surface area contributed by atoms with Gasteiger partial charge in [0.2, 0.25) is 5.91 Å². The number of carbonyl (C=O) groups is 1. The zero-order valence-corrected chi connectivity index (χ0v) is 16.7. The molecular weight excluding hydrogens is 406 g/mol. The minimum Gasteiger partial charge on any atom is -0.435 e. The molecule has 1 N–H and O–H groups in total. The summed E-state index contributed by atoms with van der Waals surface area (Å²) in [5.74, 6) is -1.06. The van der Waals surface area contributed by atoms with Gasteiger partial charge in [-0.05, 0) is 44.0 Å². The summed E-state index contributed by atoms with van der Waals surface area (Å²) in [6.07, 6.45) is 2.40. The molecule has 2 rings (SSSR count). The van der Waals surface area contributed by atoms with Crippen molar-refractivity contribution in [1.82, 2.24) is 15.1 Å². The molecule has 0 aliphatic heterocycles. The van der Waals surface area contributed by atoms with Crippen molar-refractivity contribution in [2.75, 3.05) is 6.54 Å². The van der Waals surface area contributed by atoms with Crippen molar-refractivity contribution < 1.29 is 31.8 Å². The van der Waals surface area contributed by atoms with Crippen LogP contribution in [0.25, 0.3) is 6.08 Å². The number of aryl methyl sites for hydroxylation is 2. The van der Waals surface area contributed by atoms with E-state index in [1.807, 2.05) is 31.5 Å². The number of hydrogen-bond donors (Lipinski definition) is 1. The van der Waals surface area contributed by atoms with Crippen molar-refractivity contribution in [3.63, 3.8) is 0 Å². The van der Waals surface area contributed by atoms with E-state index in [1.54, 1.807) is 0 Å². The van der Waals surface area contributed by atoms with Gasteiger partial charge in [0, 0.05) is 36.5 Å². The van der Waals surface area contributed by atoms with Gasteiger partial charge >= 0.3 is 13.2 Å². The first-order valence-corrected chi connectivity index (χ1v) is 9.14. The van der Waals surface area contributed by atoms with Crippen LogP contribution in [0.15, 0.2) is 30.3 Å². The Morgan fingerprint density at radius 1 is 1.17 bits per heavy atom. The van der Waals surface area contributed by atoms with Crippen LogP contribution in [0.1, 0.15) is 23.9 Å². The Morgan fingerprint density at radius 2 is 1.87 bits per heavy atom. The molecule has 1 aromatic carbocycles. The van der Waals surface area contributed by atoms with Gasteiger partial charge in [-0.15, -0.1) is 0 Å². The van der Waals surface area contributed by atoms with Crippen LogP contribution in [0, 0.1) is 19.8 Å². The highest BCUT2D eigenvalue weighted by atomic mass is 19.3. The van der Waals surface area contributed by atoms with Gasteiger partial charge in [0.25, 0.3) is 0 Å². The van der Waals surface area contributed by atoms with Crippen LogP contribution < -0.4 is 14.8 Å². The highest BCUT2D eigenvalue weighted by Crippen LogP contribution is 2.28. The Kier molecular flexibility index (Phi) is 8.25. The Morgan fingerprint density at radius 3 is 2.47 bits per heavy atom. The maximum absolute atomic E-state index is 12.6. The number of hydrogen-bond acceptors (Lipinski definition) is 4. The highest BCUT2D eigenvalue weighted by molar-refractivity contribution is 5.92. The summed E-state index contributed by atoms with van der Waals surface area (Å²) in [7, 11) is 0. The largest absolute Gasteiger partial charge is 0.435 e. The molecule has 0 bridgehead atoms. The molecule has 0 spiro atoms. The number of ether oxygens (including phenoxy) is 2. The van der Waals surface area contributed by atoms with Crippen LogP contribution in [0.5, 0.6) is 11.5 Å². The van der Waals surface area contributed by atoms with Crippen molar-refractivity contribution in [3.05, 3.63) is 47.3 Å². The topological polar surface area (TPSA) is 65.4 Å². The zero-order chi connectivity index (χ0) is 22.3. The molecule has 0 aliphatic rings. The summed E-state index contributed by atoms with van der Waals surface area (Å²) in [6.45, 7) is 0.543. The fourth-order valence-electron chi connectivity index (χ4n) is 2.75. The summed E-state index contributed by atoms with van der Waals surface area (Å²) >= 11 is 0. The molecule has 0 fully saturated rings. The van der Waals surface area contributed by atoms with E-state index in [0.717, 1.165) is 23.5 Å². The average molecular weight is 429 g/mol. The van der Waals surface area contributed by atoms with Crippen LogP contribution in [-0.4, -0.2) is 35.5 Å². The number of rotatable bonds is 10. The van der Waals surface area contributed by atoms with Crippen molar-refractivity contribution in [2.24, 2.45) is 5.92 Å². The highest BCUT2D eigenvalue weighted by Gasteiger charge is 2.13. The number of carbonyl (C=O) groups excluding carboxylic acids is 1. The van der Waals surface area contributed by atoms with Gasteiger partial charge in [-0.1, -0.05) is 6.92 Å². The Hall–Kier alpha value is -3.04. The molecule has 30 heavy (non-hydrogen) atoms. The third-order valence-electron chi connectivity index (χ3n) is 4.05. The van der Waals surface area contributed by atoms with E-state index in [9.17, 15) is 22.4 Å². The summed E-state index contributed by atoms with van der Waals surface area (Å²) in [4.78, 5) is 12.1. The van der Waals surface area contributed by atoms with Crippen molar-refractivity contribution in [1.29, 1.82) is 0 Å². The predicted octanol–water partition coefficient (Wildman–Crippen LogP) is 4.17. The third kappa shape index (κ3) is 7.41. The van der Waals surface area contributed by atoms with E-state index in [2.05, 4.69) is 19.9 Å². The lowest BCUT2D eigenvalue weighted by molar-refractivity contribution is -0.116. The Labute approximate surface area is 171 Å². The quantitative estimate of drug-likeness (QED) is 0.455. The molecule has 6 nitrogen and oxygen atoms in total. The summed E-state index contributed by atoms with van der Waals surface area (Å²) in [6, 6.07) is 5.28.